The van der Waals surface area contributed by atoms with Crippen LogP contribution in [0.5, 0.6) is 0 Å². The molecule has 2 heteroatoms. The zero-order valence-corrected chi connectivity index (χ0v) is 47.4. The van der Waals surface area contributed by atoms with Gasteiger partial charge in [0.05, 0.1) is 0 Å². The van der Waals surface area contributed by atoms with E-state index in [0.29, 0.717) is 0 Å². The fourth-order valence-corrected chi connectivity index (χ4v) is 11.4. The Morgan fingerprint density at radius 1 is 0.224 bits per heavy atom. The molecule has 0 aliphatic heterocycles. The lowest BCUT2D eigenvalue weighted by Crippen LogP contribution is -2.14. The molecular formula is C74H74N2. The van der Waals surface area contributed by atoms with Gasteiger partial charge in [0.25, 0.3) is 0 Å². The largest absolute Gasteiger partial charge is 0.311 e. The molecule has 0 fully saturated rings. The van der Waals surface area contributed by atoms with Gasteiger partial charge in [-0.1, -0.05) is 180 Å². The maximum absolute atomic E-state index is 2.47. The zero-order chi connectivity index (χ0) is 53.6. The Balaban J connectivity index is 1.03. The lowest BCUT2D eigenvalue weighted by Gasteiger charge is -2.28. The highest BCUT2D eigenvalue weighted by molar-refractivity contribution is 6.34. The Kier molecular flexibility index (Phi) is 12.3. The monoisotopic (exact) mass is 991 g/mol. The van der Waals surface area contributed by atoms with Gasteiger partial charge in [-0.2, -0.15) is 0 Å². The quantitative estimate of drug-likeness (QED) is 0.111. The van der Waals surface area contributed by atoms with Crippen LogP contribution in [0.2, 0.25) is 0 Å². The van der Waals surface area contributed by atoms with Crippen LogP contribution in [0.4, 0.5) is 34.1 Å². The maximum atomic E-state index is 2.47. The van der Waals surface area contributed by atoms with Crippen molar-refractivity contribution < 1.29 is 0 Å². The third-order valence-corrected chi connectivity index (χ3v) is 16.1. The van der Waals surface area contributed by atoms with Gasteiger partial charge in [0.1, 0.15) is 0 Å². The molecule has 0 saturated heterocycles. The third kappa shape index (κ3) is 9.31. The fourth-order valence-electron chi connectivity index (χ4n) is 11.4. The Morgan fingerprint density at radius 2 is 0.447 bits per heavy atom. The smallest absolute Gasteiger partial charge is 0.0462 e. The molecule has 76 heavy (non-hydrogen) atoms. The molecule has 0 aromatic heterocycles. The summed E-state index contributed by atoms with van der Waals surface area (Å²) in [5.41, 5.74) is 19.8. The molecule has 0 N–H and O–H groups in total. The Morgan fingerprint density at radius 3 is 0.684 bits per heavy atom. The molecule has 0 aliphatic rings. The van der Waals surface area contributed by atoms with E-state index >= 15 is 0 Å². The van der Waals surface area contributed by atoms with Gasteiger partial charge in [0.15, 0.2) is 0 Å². The minimum Gasteiger partial charge on any atom is -0.311 e. The Labute approximate surface area is 453 Å². The number of nitrogens with zero attached hydrogens (tertiary/aromatic N) is 2. The van der Waals surface area contributed by atoms with Crippen molar-refractivity contribution in [2.75, 3.05) is 9.80 Å². The summed E-state index contributed by atoms with van der Waals surface area (Å²) in [5, 5.41) is 10.5. The number of anilines is 6. The van der Waals surface area contributed by atoms with E-state index in [1.807, 2.05) is 0 Å². The molecule has 0 unspecified atom stereocenters. The highest BCUT2D eigenvalue weighted by Crippen LogP contribution is 2.47. The van der Waals surface area contributed by atoms with Crippen LogP contribution in [0, 0.1) is 13.8 Å². The SMILES string of the molecule is Cc1ccc2c3ccc(C)c4cc(-c5ccc(N(c6ccc(C(C)(C)C)cc6)c6ccc(C(C)(C)C)cc6)cc5)cc(c5cc(-c6ccc(N(c7ccc(C(C)(C)C)cc7)c7ccc(C(C)(C)C)cc7)cc6)cc1c25)c43. The summed E-state index contributed by atoms with van der Waals surface area (Å²) in [6.07, 6.45) is 0. The van der Waals surface area contributed by atoms with Crippen molar-refractivity contribution in [1.82, 2.24) is 0 Å². The van der Waals surface area contributed by atoms with Crippen molar-refractivity contribution in [3.63, 3.8) is 0 Å². The van der Waals surface area contributed by atoms with E-state index in [1.165, 1.54) is 98.7 Å². The van der Waals surface area contributed by atoms with Crippen LogP contribution in [-0.2, 0) is 21.7 Å². The molecule has 11 rings (SSSR count). The van der Waals surface area contributed by atoms with Crippen LogP contribution in [-0.4, -0.2) is 0 Å². The molecule has 0 amide bonds. The predicted octanol–water partition coefficient (Wildman–Crippen LogP) is 21.8. The van der Waals surface area contributed by atoms with E-state index in [-0.39, 0.29) is 21.7 Å². The van der Waals surface area contributed by atoms with Crippen LogP contribution >= 0.6 is 0 Å². The summed E-state index contributed by atoms with van der Waals surface area (Å²) < 4.78 is 0. The Bertz CT molecular complexity index is 3530. The third-order valence-electron chi connectivity index (χ3n) is 16.1. The van der Waals surface area contributed by atoms with Crippen molar-refractivity contribution in [1.29, 1.82) is 0 Å². The van der Waals surface area contributed by atoms with E-state index < -0.39 is 0 Å². The minimum absolute atomic E-state index is 0.0695. The van der Waals surface area contributed by atoms with Gasteiger partial charge in [0, 0.05) is 34.1 Å². The molecule has 0 spiro atoms. The second-order valence-electron chi connectivity index (χ2n) is 25.7. The molecule has 0 aliphatic carbocycles. The molecule has 11 aromatic carbocycles. The molecule has 0 atom stereocenters. The fraction of sp³-hybridized carbons (Fsp3) is 0.243. The Hall–Kier alpha value is -7.68. The summed E-state index contributed by atoms with van der Waals surface area (Å²) in [5.74, 6) is 0. The molecule has 11 aromatic rings. The molecule has 0 bridgehead atoms. The number of aryl methyl sites for hydroxylation is 2. The molecule has 0 saturated carbocycles. The maximum Gasteiger partial charge on any atom is 0.0462 e. The van der Waals surface area contributed by atoms with Crippen molar-refractivity contribution >= 4 is 77.2 Å². The van der Waals surface area contributed by atoms with Gasteiger partial charge in [-0.15, -0.1) is 0 Å². The predicted molar refractivity (Wildman–Crippen MR) is 332 cm³/mol. The van der Waals surface area contributed by atoms with Crippen molar-refractivity contribution in [2.24, 2.45) is 0 Å². The second kappa shape index (κ2) is 18.6. The van der Waals surface area contributed by atoms with Gasteiger partial charge in [-0.25, -0.2) is 0 Å². The highest BCUT2D eigenvalue weighted by atomic mass is 15.1. The van der Waals surface area contributed by atoms with E-state index in [0.717, 1.165) is 34.1 Å². The van der Waals surface area contributed by atoms with Gasteiger partial charge in [-0.05, 0) is 231 Å². The first-order valence-electron chi connectivity index (χ1n) is 27.4. The van der Waals surface area contributed by atoms with Crippen molar-refractivity contribution in [3.05, 3.63) is 228 Å². The number of hydrogen-bond acceptors (Lipinski definition) is 2. The van der Waals surface area contributed by atoms with Crippen LogP contribution in [0.25, 0.3) is 65.3 Å². The summed E-state index contributed by atoms with van der Waals surface area (Å²) in [4.78, 5) is 4.78. The van der Waals surface area contributed by atoms with Crippen LogP contribution in [0.1, 0.15) is 116 Å². The zero-order valence-electron chi connectivity index (χ0n) is 47.4. The van der Waals surface area contributed by atoms with Crippen LogP contribution in [0.3, 0.4) is 0 Å². The first-order chi connectivity index (χ1) is 36.0. The average Bonchev–Trinajstić information content (AvgIpc) is 3.49. The normalized spacial score (nSPS) is 12.6. The topological polar surface area (TPSA) is 6.48 Å². The van der Waals surface area contributed by atoms with Crippen molar-refractivity contribution in [3.8, 4) is 22.3 Å². The number of fused-ring (bicyclic) bond motifs is 2. The second-order valence-corrected chi connectivity index (χ2v) is 25.7. The molecule has 0 heterocycles. The van der Waals surface area contributed by atoms with E-state index in [2.05, 4.69) is 301 Å². The minimum atomic E-state index is 0.0695. The lowest BCUT2D eigenvalue weighted by atomic mass is 9.84. The van der Waals surface area contributed by atoms with Gasteiger partial charge in [0.2, 0.25) is 0 Å². The number of rotatable bonds is 8. The van der Waals surface area contributed by atoms with Crippen LogP contribution in [0.15, 0.2) is 194 Å². The first kappa shape index (κ1) is 50.5. The van der Waals surface area contributed by atoms with Gasteiger partial charge < -0.3 is 9.80 Å². The highest BCUT2D eigenvalue weighted by Gasteiger charge is 2.23. The van der Waals surface area contributed by atoms with E-state index in [4.69, 9.17) is 0 Å². The lowest BCUT2D eigenvalue weighted by molar-refractivity contribution is 0.590. The molecule has 380 valence electrons. The summed E-state index contributed by atoms with van der Waals surface area (Å²) in [6.45, 7) is 31.9. The van der Waals surface area contributed by atoms with E-state index in [9.17, 15) is 0 Å². The van der Waals surface area contributed by atoms with E-state index in [1.54, 1.807) is 0 Å². The number of benzene rings is 11. The summed E-state index contributed by atoms with van der Waals surface area (Å²) in [7, 11) is 0. The summed E-state index contributed by atoms with van der Waals surface area (Å²) >= 11 is 0. The molecular weight excluding hydrogens is 917 g/mol. The van der Waals surface area contributed by atoms with Crippen molar-refractivity contribution in [2.45, 2.75) is 119 Å². The average molecular weight is 991 g/mol. The van der Waals surface area contributed by atoms with Gasteiger partial charge in [-0.3, -0.25) is 0 Å². The standard InChI is InChI=1S/C74H74N2/c1-47-15-41-63-64-42-16-48(2)66-44-52(50-19-31-58(32-20-50)76(61-37-25-55(26-38-61)73(9,10)11)62-39-27-56(28-40-62)74(12,13)14)46-68(70(64)66)67-45-51(43-65(47)69(63)67)49-17-29-57(30-18-49)75(59-33-21-53(22-34-59)71(3,4)5)60-35-23-54(24-36-60)72(6,7)8/h15-46H,1-14H3. The van der Waals surface area contributed by atoms with Gasteiger partial charge >= 0.3 is 0 Å². The number of hydrogen-bond donors (Lipinski definition) is 0. The molecule has 2 nitrogen and oxygen atoms in total. The van der Waals surface area contributed by atoms with Crippen LogP contribution < -0.4 is 9.80 Å². The summed E-state index contributed by atoms with van der Waals surface area (Å²) in [6, 6.07) is 74.1. The molecule has 0 radical (unpaired) electrons. The first-order valence-corrected chi connectivity index (χ1v) is 27.4.